The molecule has 1 nitrogen and oxygen atoms in total. The summed E-state index contributed by atoms with van der Waals surface area (Å²) in [4.78, 5) is 0. The number of benzene rings is 1. The Morgan fingerprint density at radius 1 is 1.18 bits per heavy atom. The van der Waals surface area contributed by atoms with Crippen LogP contribution in [0.3, 0.4) is 0 Å². The van der Waals surface area contributed by atoms with Gasteiger partial charge < -0.3 is 5.11 Å². The SMILES string of the molecule is OC1(Br)Cc2ccccc2C1. The molecular weight excluding hydrogens is 204 g/mol. The number of halogens is 1. The van der Waals surface area contributed by atoms with Crippen LogP contribution in [0.15, 0.2) is 24.3 Å². The Kier molecular flexibility index (Phi) is 1.55. The summed E-state index contributed by atoms with van der Waals surface area (Å²) in [7, 11) is 0. The predicted octanol–water partition coefficient (Wildman–Crippen LogP) is 1.87. The van der Waals surface area contributed by atoms with Crippen molar-refractivity contribution in [1.29, 1.82) is 0 Å². The van der Waals surface area contributed by atoms with E-state index < -0.39 is 4.51 Å². The van der Waals surface area contributed by atoms with E-state index >= 15 is 0 Å². The van der Waals surface area contributed by atoms with E-state index in [9.17, 15) is 5.11 Å². The third-order valence-corrected chi connectivity index (χ3v) is 2.60. The van der Waals surface area contributed by atoms with Gasteiger partial charge in [-0.15, -0.1) is 0 Å². The van der Waals surface area contributed by atoms with Crippen molar-refractivity contribution in [3.05, 3.63) is 35.4 Å². The van der Waals surface area contributed by atoms with E-state index in [0.717, 1.165) is 12.8 Å². The van der Waals surface area contributed by atoms with E-state index in [2.05, 4.69) is 28.1 Å². The van der Waals surface area contributed by atoms with E-state index in [1.807, 2.05) is 12.1 Å². The molecule has 0 bridgehead atoms. The van der Waals surface area contributed by atoms with Crippen molar-refractivity contribution >= 4 is 15.9 Å². The van der Waals surface area contributed by atoms with E-state index in [0.29, 0.717) is 0 Å². The minimum absolute atomic E-state index is 0.684. The number of rotatable bonds is 0. The Bertz CT molecular complexity index is 254. The minimum atomic E-state index is -0.684. The molecule has 1 aromatic carbocycles. The van der Waals surface area contributed by atoms with Gasteiger partial charge in [-0.3, -0.25) is 0 Å². The van der Waals surface area contributed by atoms with Gasteiger partial charge in [0.15, 0.2) is 0 Å². The molecule has 1 aromatic rings. The van der Waals surface area contributed by atoms with Crippen molar-refractivity contribution in [1.82, 2.24) is 0 Å². The van der Waals surface area contributed by atoms with E-state index in [1.54, 1.807) is 0 Å². The molecule has 11 heavy (non-hydrogen) atoms. The first-order valence-electron chi connectivity index (χ1n) is 3.65. The molecule has 0 saturated heterocycles. The Balaban J connectivity index is 2.41. The Morgan fingerprint density at radius 2 is 1.64 bits per heavy atom. The molecule has 0 spiro atoms. The van der Waals surface area contributed by atoms with Crippen molar-refractivity contribution < 1.29 is 5.11 Å². The molecular formula is C9H9BrO. The fourth-order valence-corrected chi connectivity index (χ4v) is 2.15. The molecule has 0 aliphatic heterocycles. The van der Waals surface area contributed by atoms with Crippen LogP contribution in [0.4, 0.5) is 0 Å². The third-order valence-electron chi connectivity index (χ3n) is 2.04. The van der Waals surface area contributed by atoms with Gasteiger partial charge in [-0.1, -0.05) is 40.2 Å². The smallest absolute Gasteiger partial charge is 0.127 e. The molecule has 0 amide bonds. The first-order valence-corrected chi connectivity index (χ1v) is 4.45. The quantitative estimate of drug-likeness (QED) is 0.652. The molecule has 1 aliphatic carbocycles. The maximum absolute atomic E-state index is 9.63. The molecule has 2 rings (SSSR count). The van der Waals surface area contributed by atoms with Crippen molar-refractivity contribution in [3.63, 3.8) is 0 Å². The van der Waals surface area contributed by atoms with Crippen molar-refractivity contribution in [2.45, 2.75) is 17.4 Å². The van der Waals surface area contributed by atoms with Gasteiger partial charge >= 0.3 is 0 Å². The zero-order chi connectivity index (χ0) is 7.90. The van der Waals surface area contributed by atoms with Gasteiger partial charge in [-0.05, 0) is 11.1 Å². The van der Waals surface area contributed by atoms with Crippen molar-refractivity contribution in [2.24, 2.45) is 0 Å². The Labute approximate surface area is 74.2 Å². The lowest BCUT2D eigenvalue weighted by atomic mass is 10.1. The zero-order valence-corrected chi connectivity index (χ0v) is 7.63. The maximum atomic E-state index is 9.63. The standard InChI is InChI=1S/C9H9BrO/c10-9(11)5-7-3-1-2-4-8(7)6-9/h1-4,11H,5-6H2. The van der Waals surface area contributed by atoms with Gasteiger partial charge in [-0.2, -0.15) is 0 Å². The second kappa shape index (κ2) is 2.32. The highest BCUT2D eigenvalue weighted by atomic mass is 79.9. The molecule has 0 aromatic heterocycles. The lowest BCUT2D eigenvalue weighted by Gasteiger charge is -2.10. The van der Waals surface area contributed by atoms with E-state index in [1.165, 1.54) is 11.1 Å². The molecule has 0 fully saturated rings. The van der Waals surface area contributed by atoms with Crippen LogP contribution in [0.5, 0.6) is 0 Å². The Hall–Kier alpha value is -0.340. The molecule has 58 valence electrons. The first-order chi connectivity index (χ1) is 5.17. The second-order valence-corrected chi connectivity index (χ2v) is 4.52. The summed E-state index contributed by atoms with van der Waals surface area (Å²) in [6.07, 6.45) is 1.45. The van der Waals surface area contributed by atoms with Crippen LogP contribution in [0.25, 0.3) is 0 Å². The molecule has 2 heteroatoms. The lowest BCUT2D eigenvalue weighted by Crippen LogP contribution is -2.18. The lowest BCUT2D eigenvalue weighted by molar-refractivity contribution is 0.157. The normalized spacial score (nSPS) is 19.8. The summed E-state index contributed by atoms with van der Waals surface area (Å²) in [5, 5.41) is 9.63. The van der Waals surface area contributed by atoms with Crippen LogP contribution >= 0.6 is 15.9 Å². The van der Waals surface area contributed by atoms with Crippen LogP contribution in [0, 0.1) is 0 Å². The fraction of sp³-hybridized carbons (Fsp3) is 0.333. The number of aliphatic hydroxyl groups is 1. The molecule has 0 radical (unpaired) electrons. The molecule has 1 N–H and O–H groups in total. The van der Waals surface area contributed by atoms with Gasteiger partial charge in [0.25, 0.3) is 0 Å². The van der Waals surface area contributed by atoms with Gasteiger partial charge in [0.1, 0.15) is 4.51 Å². The predicted molar refractivity (Wildman–Crippen MR) is 47.7 cm³/mol. The van der Waals surface area contributed by atoms with Gasteiger partial charge in [0.05, 0.1) is 0 Å². The summed E-state index contributed by atoms with van der Waals surface area (Å²) < 4.78 is -0.684. The highest BCUT2D eigenvalue weighted by Gasteiger charge is 2.31. The van der Waals surface area contributed by atoms with E-state index in [-0.39, 0.29) is 0 Å². The van der Waals surface area contributed by atoms with Crippen molar-refractivity contribution in [3.8, 4) is 0 Å². The summed E-state index contributed by atoms with van der Waals surface area (Å²) in [5.41, 5.74) is 2.51. The van der Waals surface area contributed by atoms with Gasteiger partial charge in [-0.25, -0.2) is 0 Å². The third kappa shape index (κ3) is 1.33. The summed E-state index contributed by atoms with van der Waals surface area (Å²) in [6.45, 7) is 0. The van der Waals surface area contributed by atoms with Crippen LogP contribution in [0.1, 0.15) is 11.1 Å². The van der Waals surface area contributed by atoms with Crippen molar-refractivity contribution in [2.75, 3.05) is 0 Å². The maximum Gasteiger partial charge on any atom is 0.127 e. The number of fused-ring (bicyclic) bond motifs is 1. The average molecular weight is 213 g/mol. The summed E-state index contributed by atoms with van der Waals surface area (Å²) in [5.74, 6) is 0. The second-order valence-electron chi connectivity index (χ2n) is 3.04. The van der Waals surface area contributed by atoms with Crippen LogP contribution < -0.4 is 0 Å². The molecule has 0 atom stereocenters. The van der Waals surface area contributed by atoms with Crippen LogP contribution in [-0.2, 0) is 12.8 Å². The van der Waals surface area contributed by atoms with Gasteiger partial charge in [0, 0.05) is 12.8 Å². The number of hydrogen-bond acceptors (Lipinski definition) is 1. The highest BCUT2D eigenvalue weighted by molar-refractivity contribution is 9.10. The number of alkyl halides is 1. The van der Waals surface area contributed by atoms with Gasteiger partial charge in [0.2, 0.25) is 0 Å². The fourth-order valence-electron chi connectivity index (χ4n) is 1.55. The molecule has 0 saturated carbocycles. The van der Waals surface area contributed by atoms with E-state index in [4.69, 9.17) is 0 Å². The first kappa shape index (κ1) is 7.32. The largest absolute Gasteiger partial charge is 0.378 e. The summed E-state index contributed by atoms with van der Waals surface area (Å²) >= 11 is 3.28. The summed E-state index contributed by atoms with van der Waals surface area (Å²) in [6, 6.07) is 8.14. The highest BCUT2D eigenvalue weighted by Crippen LogP contribution is 2.33. The molecule has 0 unspecified atom stereocenters. The Morgan fingerprint density at radius 3 is 2.09 bits per heavy atom. The topological polar surface area (TPSA) is 20.2 Å². The molecule has 1 aliphatic rings. The minimum Gasteiger partial charge on any atom is -0.378 e. The molecule has 0 heterocycles. The zero-order valence-electron chi connectivity index (χ0n) is 6.05. The van der Waals surface area contributed by atoms with Crippen LogP contribution in [-0.4, -0.2) is 9.62 Å². The average Bonchev–Trinajstić information content (AvgIpc) is 2.21. The van der Waals surface area contributed by atoms with Crippen LogP contribution in [0.2, 0.25) is 0 Å². The number of hydrogen-bond donors (Lipinski definition) is 1. The monoisotopic (exact) mass is 212 g/mol.